The van der Waals surface area contributed by atoms with Crippen LogP contribution in [0, 0.1) is 0 Å². The van der Waals surface area contributed by atoms with E-state index < -0.39 is 0 Å². The molecule has 0 radical (unpaired) electrons. The summed E-state index contributed by atoms with van der Waals surface area (Å²) in [6, 6.07) is 20.1. The lowest BCUT2D eigenvalue weighted by molar-refractivity contribution is 0.0954. The second-order valence-corrected chi connectivity index (χ2v) is 6.73. The maximum Gasteiger partial charge on any atom is 0.271 e. The molecule has 1 fully saturated rings. The van der Waals surface area contributed by atoms with Crippen molar-refractivity contribution in [1.29, 1.82) is 0 Å². The number of benzene rings is 2. The molecule has 3 rings (SSSR count). The minimum absolute atomic E-state index is 0.130. The molecule has 0 aliphatic heterocycles. The SMILES string of the molecule is O=C(N/N=C1/CCCCC(c2ccccc2)CCC1)c1ccccc1. The highest BCUT2D eigenvalue weighted by atomic mass is 16.2. The number of carbonyl (C=O) groups is 1. The topological polar surface area (TPSA) is 41.5 Å². The molecule has 1 N–H and O–H groups in total. The van der Waals surface area contributed by atoms with E-state index in [1.807, 2.05) is 30.3 Å². The van der Waals surface area contributed by atoms with E-state index in [1.165, 1.54) is 24.8 Å². The van der Waals surface area contributed by atoms with Gasteiger partial charge in [0.2, 0.25) is 0 Å². The van der Waals surface area contributed by atoms with Crippen LogP contribution in [0.3, 0.4) is 0 Å². The zero-order chi connectivity index (χ0) is 17.3. The third-order valence-electron chi connectivity index (χ3n) is 4.91. The smallest absolute Gasteiger partial charge is 0.267 e. The first-order valence-electron chi connectivity index (χ1n) is 9.28. The third kappa shape index (κ3) is 5.28. The van der Waals surface area contributed by atoms with E-state index in [2.05, 4.69) is 40.9 Å². The summed E-state index contributed by atoms with van der Waals surface area (Å²) in [7, 11) is 0. The zero-order valence-electron chi connectivity index (χ0n) is 14.7. The van der Waals surface area contributed by atoms with Crippen molar-refractivity contribution < 1.29 is 4.79 Å². The van der Waals surface area contributed by atoms with Crippen LogP contribution in [0.4, 0.5) is 0 Å². The number of rotatable bonds is 3. The summed E-state index contributed by atoms with van der Waals surface area (Å²) >= 11 is 0. The lowest BCUT2D eigenvalue weighted by atomic mass is 9.90. The molecule has 1 atom stereocenters. The maximum atomic E-state index is 12.1. The summed E-state index contributed by atoms with van der Waals surface area (Å²) in [5.74, 6) is 0.523. The standard InChI is InChI=1S/C22H26N2O/c25-22(20-13-5-2-6-14-20)24-23-21-16-8-7-12-19(15-9-17-21)18-10-3-1-4-11-18/h1-6,10-11,13-14,19H,7-9,12,15-17H2,(H,24,25)/b23-21-. The number of hydrazone groups is 1. The molecule has 3 heteroatoms. The predicted octanol–water partition coefficient (Wildman–Crippen LogP) is 5.30. The molecule has 1 aliphatic rings. The second kappa shape index (κ2) is 9.16. The average Bonchev–Trinajstić information content (AvgIpc) is 2.79. The lowest BCUT2D eigenvalue weighted by Crippen LogP contribution is -2.19. The normalized spacial score (nSPS) is 20.3. The van der Waals surface area contributed by atoms with E-state index in [0.717, 1.165) is 31.4 Å². The Labute approximate surface area is 150 Å². The van der Waals surface area contributed by atoms with Gasteiger partial charge in [-0.05, 0) is 62.1 Å². The Morgan fingerprint density at radius 3 is 2.24 bits per heavy atom. The Balaban J connectivity index is 1.57. The molecule has 0 heterocycles. The van der Waals surface area contributed by atoms with Crippen LogP contribution in [-0.4, -0.2) is 11.6 Å². The Morgan fingerprint density at radius 2 is 1.48 bits per heavy atom. The van der Waals surface area contributed by atoms with Crippen molar-refractivity contribution in [3.05, 3.63) is 71.8 Å². The van der Waals surface area contributed by atoms with Crippen molar-refractivity contribution in [3.8, 4) is 0 Å². The van der Waals surface area contributed by atoms with Crippen molar-refractivity contribution in [2.75, 3.05) is 0 Å². The summed E-state index contributed by atoms with van der Waals surface area (Å²) in [4.78, 5) is 12.1. The maximum absolute atomic E-state index is 12.1. The molecule has 0 aromatic heterocycles. The second-order valence-electron chi connectivity index (χ2n) is 6.73. The van der Waals surface area contributed by atoms with Crippen molar-refractivity contribution >= 4 is 11.6 Å². The Hall–Kier alpha value is -2.42. The minimum atomic E-state index is -0.130. The van der Waals surface area contributed by atoms with Crippen LogP contribution in [0.5, 0.6) is 0 Å². The molecule has 0 spiro atoms. The Bertz CT molecular complexity index is 694. The van der Waals surface area contributed by atoms with Crippen molar-refractivity contribution in [1.82, 2.24) is 5.43 Å². The molecule has 25 heavy (non-hydrogen) atoms. The first kappa shape index (κ1) is 17.4. The fourth-order valence-electron chi connectivity index (χ4n) is 3.50. The summed E-state index contributed by atoms with van der Waals surface area (Å²) in [6.45, 7) is 0. The van der Waals surface area contributed by atoms with Gasteiger partial charge >= 0.3 is 0 Å². The molecular formula is C22H26N2O. The fourth-order valence-corrected chi connectivity index (χ4v) is 3.50. The quantitative estimate of drug-likeness (QED) is 0.760. The van der Waals surface area contributed by atoms with Gasteiger partial charge in [-0.2, -0.15) is 5.10 Å². The Kier molecular flexibility index (Phi) is 6.38. The predicted molar refractivity (Wildman–Crippen MR) is 103 cm³/mol. The number of nitrogens with one attached hydrogen (secondary N) is 1. The molecule has 1 amide bonds. The molecule has 1 unspecified atom stereocenters. The summed E-state index contributed by atoms with van der Waals surface area (Å²) in [5, 5.41) is 4.42. The van der Waals surface area contributed by atoms with E-state index in [0.29, 0.717) is 11.5 Å². The van der Waals surface area contributed by atoms with Gasteiger partial charge in [-0.15, -0.1) is 0 Å². The van der Waals surface area contributed by atoms with Gasteiger partial charge in [0.1, 0.15) is 0 Å². The molecule has 0 bridgehead atoms. The first-order valence-corrected chi connectivity index (χ1v) is 9.28. The molecular weight excluding hydrogens is 308 g/mol. The average molecular weight is 334 g/mol. The summed E-state index contributed by atoms with van der Waals surface area (Å²) in [5.41, 5.74) is 5.96. The van der Waals surface area contributed by atoms with Crippen LogP contribution < -0.4 is 5.43 Å². The molecule has 0 saturated heterocycles. The van der Waals surface area contributed by atoms with Crippen LogP contribution in [0.15, 0.2) is 65.8 Å². The molecule has 130 valence electrons. The number of hydrogen-bond donors (Lipinski definition) is 1. The molecule has 1 aliphatic carbocycles. The largest absolute Gasteiger partial charge is 0.271 e. The molecule has 2 aromatic carbocycles. The van der Waals surface area contributed by atoms with Crippen LogP contribution in [0.1, 0.15) is 66.8 Å². The van der Waals surface area contributed by atoms with Gasteiger partial charge in [-0.25, -0.2) is 5.43 Å². The van der Waals surface area contributed by atoms with Gasteiger partial charge < -0.3 is 0 Å². The van der Waals surface area contributed by atoms with Gasteiger partial charge in [0.05, 0.1) is 0 Å². The zero-order valence-corrected chi connectivity index (χ0v) is 14.7. The van der Waals surface area contributed by atoms with Crippen molar-refractivity contribution in [3.63, 3.8) is 0 Å². The number of nitrogens with zero attached hydrogens (tertiary/aromatic N) is 1. The number of carbonyl (C=O) groups excluding carboxylic acids is 1. The monoisotopic (exact) mass is 334 g/mol. The van der Waals surface area contributed by atoms with Gasteiger partial charge in [0.25, 0.3) is 5.91 Å². The van der Waals surface area contributed by atoms with Crippen molar-refractivity contribution in [2.24, 2.45) is 5.10 Å². The van der Waals surface area contributed by atoms with Gasteiger partial charge in [-0.1, -0.05) is 55.0 Å². The highest BCUT2D eigenvalue weighted by Crippen LogP contribution is 2.29. The van der Waals surface area contributed by atoms with E-state index in [1.54, 1.807) is 0 Å². The van der Waals surface area contributed by atoms with E-state index in [-0.39, 0.29) is 5.91 Å². The molecule has 1 saturated carbocycles. The van der Waals surface area contributed by atoms with Crippen LogP contribution in [-0.2, 0) is 0 Å². The first-order chi connectivity index (χ1) is 12.3. The highest BCUT2D eigenvalue weighted by Gasteiger charge is 2.14. The molecule has 3 nitrogen and oxygen atoms in total. The third-order valence-corrected chi connectivity index (χ3v) is 4.91. The van der Waals surface area contributed by atoms with Crippen LogP contribution >= 0.6 is 0 Å². The van der Waals surface area contributed by atoms with Crippen LogP contribution in [0.25, 0.3) is 0 Å². The van der Waals surface area contributed by atoms with E-state index in [9.17, 15) is 4.79 Å². The minimum Gasteiger partial charge on any atom is -0.267 e. The van der Waals surface area contributed by atoms with E-state index >= 15 is 0 Å². The fraction of sp³-hybridized carbons (Fsp3) is 0.364. The summed E-state index contributed by atoms with van der Waals surface area (Å²) in [6.07, 6.45) is 7.87. The Morgan fingerprint density at radius 1 is 0.840 bits per heavy atom. The molecule has 2 aromatic rings. The number of hydrogen-bond acceptors (Lipinski definition) is 2. The van der Waals surface area contributed by atoms with Gasteiger partial charge in [-0.3, -0.25) is 4.79 Å². The van der Waals surface area contributed by atoms with Crippen LogP contribution in [0.2, 0.25) is 0 Å². The number of amides is 1. The van der Waals surface area contributed by atoms with Gasteiger partial charge in [0, 0.05) is 11.3 Å². The van der Waals surface area contributed by atoms with Crippen molar-refractivity contribution in [2.45, 2.75) is 50.9 Å². The highest BCUT2D eigenvalue weighted by molar-refractivity contribution is 5.95. The summed E-state index contributed by atoms with van der Waals surface area (Å²) < 4.78 is 0. The lowest BCUT2D eigenvalue weighted by Gasteiger charge is -2.15. The van der Waals surface area contributed by atoms with E-state index in [4.69, 9.17) is 0 Å². The van der Waals surface area contributed by atoms with Gasteiger partial charge in [0.15, 0.2) is 0 Å².